The third-order valence-electron chi connectivity index (χ3n) is 4.09. The number of amides is 1. The van der Waals surface area contributed by atoms with Crippen LogP contribution in [0.25, 0.3) is 0 Å². The molecule has 6 heteroatoms. The molecule has 27 heavy (non-hydrogen) atoms. The topological polar surface area (TPSA) is 54.5 Å². The van der Waals surface area contributed by atoms with Gasteiger partial charge in [-0.2, -0.15) is 0 Å². The first-order valence-corrected chi connectivity index (χ1v) is 8.93. The number of hydrogen-bond acceptors (Lipinski definition) is 4. The number of pyridine rings is 1. The van der Waals surface area contributed by atoms with Gasteiger partial charge in [-0.3, -0.25) is 4.79 Å². The molecule has 1 aromatic heterocycles. The Balaban J connectivity index is 1.79. The van der Waals surface area contributed by atoms with Crippen LogP contribution in [0.1, 0.15) is 17.4 Å². The van der Waals surface area contributed by atoms with Gasteiger partial charge in [0.25, 0.3) is 5.91 Å². The molecule has 2 aromatic carbocycles. The van der Waals surface area contributed by atoms with Gasteiger partial charge in [-0.1, -0.05) is 29.8 Å². The van der Waals surface area contributed by atoms with Crippen LogP contribution < -0.4 is 15.0 Å². The molecule has 138 valence electrons. The van der Waals surface area contributed by atoms with Gasteiger partial charge in [0, 0.05) is 17.3 Å². The van der Waals surface area contributed by atoms with E-state index in [1.165, 1.54) is 7.11 Å². The number of carbonyl (C=O) groups excluding carboxylic acids is 1. The summed E-state index contributed by atoms with van der Waals surface area (Å²) in [7, 11) is 1.54. The Hall–Kier alpha value is -3.05. The Morgan fingerprint density at radius 2 is 1.89 bits per heavy atom. The van der Waals surface area contributed by atoms with Gasteiger partial charge < -0.3 is 15.0 Å². The summed E-state index contributed by atoms with van der Waals surface area (Å²) in [6, 6.07) is 18.7. The van der Waals surface area contributed by atoms with Crippen LogP contribution in [0.4, 0.5) is 17.1 Å². The summed E-state index contributed by atoms with van der Waals surface area (Å²) in [4.78, 5) is 19.0. The summed E-state index contributed by atoms with van der Waals surface area (Å²) in [5.74, 6) is 0.204. The number of rotatable bonds is 6. The van der Waals surface area contributed by atoms with Crippen molar-refractivity contribution in [1.82, 2.24) is 4.98 Å². The van der Waals surface area contributed by atoms with Crippen molar-refractivity contribution in [3.05, 3.63) is 77.6 Å². The highest BCUT2D eigenvalue weighted by Crippen LogP contribution is 2.28. The van der Waals surface area contributed by atoms with Crippen LogP contribution in [0, 0.1) is 0 Å². The van der Waals surface area contributed by atoms with E-state index in [2.05, 4.69) is 22.1 Å². The number of ether oxygens (including phenoxy) is 1. The molecule has 3 rings (SSSR count). The molecule has 0 bridgehead atoms. The molecule has 0 unspecified atom stereocenters. The summed E-state index contributed by atoms with van der Waals surface area (Å²) in [6.45, 7) is 2.86. The third-order valence-corrected chi connectivity index (χ3v) is 4.32. The minimum atomic E-state index is -0.329. The van der Waals surface area contributed by atoms with E-state index in [1.807, 2.05) is 36.4 Å². The average molecular weight is 382 g/mol. The van der Waals surface area contributed by atoms with Gasteiger partial charge in [0.05, 0.1) is 24.7 Å². The fourth-order valence-electron chi connectivity index (χ4n) is 2.77. The first-order valence-electron chi connectivity index (χ1n) is 8.56. The first-order chi connectivity index (χ1) is 13.1. The van der Waals surface area contributed by atoms with Crippen LogP contribution in [-0.2, 0) is 0 Å². The van der Waals surface area contributed by atoms with Crippen molar-refractivity contribution in [2.24, 2.45) is 0 Å². The monoisotopic (exact) mass is 381 g/mol. The molecule has 1 amide bonds. The van der Waals surface area contributed by atoms with E-state index >= 15 is 0 Å². The van der Waals surface area contributed by atoms with Crippen LogP contribution in [0.3, 0.4) is 0 Å². The second-order valence-electron chi connectivity index (χ2n) is 5.78. The van der Waals surface area contributed by atoms with E-state index in [-0.39, 0.29) is 5.91 Å². The Kier molecular flexibility index (Phi) is 5.94. The lowest BCUT2D eigenvalue weighted by atomic mass is 10.2. The van der Waals surface area contributed by atoms with Crippen LogP contribution >= 0.6 is 11.6 Å². The minimum absolute atomic E-state index is 0.310. The molecule has 0 spiro atoms. The number of anilines is 3. The maximum atomic E-state index is 12.5. The van der Waals surface area contributed by atoms with Crippen LogP contribution in [0.2, 0.25) is 5.02 Å². The zero-order chi connectivity index (χ0) is 19.2. The molecule has 0 aliphatic heterocycles. The zero-order valence-corrected chi connectivity index (χ0v) is 15.9. The standard InChI is InChI=1S/C21H20ClN3O2/c1-3-25(16-7-5-4-6-8-16)17-10-11-18(23-14-17)21(26)24-19-13-15(22)9-12-20(19)27-2/h4-14H,3H2,1-2H3,(H,24,26). The molecule has 0 atom stereocenters. The molecular formula is C21H20ClN3O2. The Morgan fingerprint density at radius 1 is 1.11 bits per heavy atom. The van der Waals surface area contributed by atoms with Crippen molar-refractivity contribution >= 4 is 34.6 Å². The average Bonchev–Trinajstić information content (AvgIpc) is 2.70. The number of benzene rings is 2. The van der Waals surface area contributed by atoms with Crippen LogP contribution in [-0.4, -0.2) is 24.5 Å². The number of methoxy groups -OCH3 is 1. The molecular weight excluding hydrogens is 362 g/mol. The molecule has 0 saturated heterocycles. The Morgan fingerprint density at radius 3 is 2.52 bits per heavy atom. The highest BCUT2D eigenvalue weighted by Gasteiger charge is 2.13. The number of halogens is 1. The maximum absolute atomic E-state index is 12.5. The summed E-state index contributed by atoms with van der Waals surface area (Å²) in [5, 5.41) is 3.30. The summed E-state index contributed by atoms with van der Waals surface area (Å²) in [6.07, 6.45) is 1.70. The quantitative estimate of drug-likeness (QED) is 0.641. The van der Waals surface area contributed by atoms with Gasteiger partial charge >= 0.3 is 0 Å². The summed E-state index contributed by atoms with van der Waals surface area (Å²) in [5.41, 5.74) is 2.80. The minimum Gasteiger partial charge on any atom is -0.495 e. The highest BCUT2D eigenvalue weighted by atomic mass is 35.5. The number of hydrogen-bond donors (Lipinski definition) is 1. The first kappa shape index (κ1) is 18.7. The smallest absolute Gasteiger partial charge is 0.274 e. The van der Waals surface area contributed by atoms with Crippen molar-refractivity contribution in [2.75, 3.05) is 23.9 Å². The molecule has 3 aromatic rings. The summed E-state index contributed by atoms with van der Waals surface area (Å²) < 4.78 is 5.25. The predicted octanol–water partition coefficient (Wildman–Crippen LogP) is 5.15. The number of aromatic nitrogens is 1. The van der Waals surface area contributed by atoms with Crippen LogP contribution in [0.15, 0.2) is 66.9 Å². The molecule has 0 aliphatic rings. The Bertz CT molecular complexity index is 914. The van der Waals surface area contributed by atoms with Gasteiger partial charge in [0.1, 0.15) is 11.4 Å². The van der Waals surface area contributed by atoms with Gasteiger partial charge in [0.15, 0.2) is 0 Å². The molecule has 5 nitrogen and oxygen atoms in total. The lowest BCUT2D eigenvalue weighted by Crippen LogP contribution is -2.18. The van der Waals surface area contributed by atoms with E-state index < -0.39 is 0 Å². The SMILES string of the molecule is CCN(c1ccccc1)c1ccc(C(=O)Nc2cc(Cl)ccc2OC)nc1. The number of nitrogens with zero attached hydrogens (tertiary/aromatic N) is 2. The fraction of sp³-hybridized carbons (Fsp3) is 0.143. The second kappa shape index (κ2) is 8.56. The second-order valence-corrected chi connectivity index (χ2v) is 6.22. The predicted molar refractivity (Wildman–Crippen MR) is 109 cm³/mol. The van der Waals surface area contributed by atoms with Crippen molar-refractivity contribution in [3.63, 3.8) is 0 Å². The van der Waals surface area contributed by atoms with Crippen molar-refractivity contribution in [1.29, 1.82) is 0 Å². The van der Waals surface area contributed by atoms with E-state index in [1.54, 1.807) is 30.5 Å². The maximum Gasteiger partial charge on any atom is 0.274 e. The molecule has 1 heterocycles. The third kappa shape index (κ3) is 4.38. The van der Waals surface area contributed by atoms with E-state index in [4.69, 9.17) is 16.3 Å². The molecule has 0 fully saturated rings. The molecule has 0 saturated carbocycles. The van der Waals surface area contributed by atoms with E-state index in [0.29, 0.717) is 22.2 Å². The van der Waals surface area contributed by atoms with E-state index in [9.17, 15) is 4.79 Å². The van der Waals surface area contributed by atoms with Crippen molar-refractivity contribution in [2.45, 2.75) is 6.92 Å². The van der Waals surface area contributed by atoms with Gasteiger partial charge in [0.2, 0.25) is 0 Å². The fourth-order valence-corrected chi connectivity index (χ4v) is 2.94. The zero-order valence-electron chi connectivity index (χ0n) is 15.1. The largest absolute Gasteiger partial charge is 0.495 e. The Labute approximate surface area is 163 Å². The number of para-hydroxylation sites is 1. The van der Waals surface area contributed by atoms with Crippen molar-refractivity contribution < 1.29 is 9.53 Å². The molecule has 0 aliphatic carbocycles. The lowest BCUT2D eigenvalue weighted by molar-refractivity contribution is 0.102. The van der Waals surface area contributed by atoms with Gasteiger partial charge in [-0.05, 0) is 49.4 Å². The lowest BCUT2D eigenvalue weighted by Gasteiger charge is -2.23. The van der Waals surface area contributed by atoms with Crippen LogP contribution in [0.5, 0.6) is 5.75 Å². The van der Waals surface area contributed by atoms with E-state index in [0.717, 1.165) is 17.9 Å². The molecule has 0 radical (unpaired) electrons. The number of carbonyl (C=O) groups is 1. The van der Waals surface area contributed by atoms with Gasteiger partial charge in [-0.25, -0.2) is 4.98 Å². The summed E-state index contributed by atoms with van der Waals surface area (Å²) >= 11 is 6.01. The van der Waals surface area contributed by atoms with Gasteiger partial charge in [-0.15, -0.1) is 0 Å². The molecule has 1 N–H and O–H groups in total. The number of nitrogens with one attached hydrogen (secondary N) is 1. The van der Waals surface area contributed by atoms with Crippen molar-refractivity contribution in [3.8, 4) is 5.75 Å². The highest BCUT2D eigenvalue weighted by molar-refractivity contribution is 6.31. The normalized spacial score (nSPS) is 10.3.